The molecule has 0 spiro atoms. The van der Waals surface area contributed by atoms with Gasteiger partial charge < -0.3 is 10.4 Å². The third-order valence-corrected chi connectivity index (χ3v) is 4.90. The summed E-state index contributed by atoms with van der Waals surface area (Å²) in [6.45, 7) is 1.13. The Bertz CT molecular complexity index is 530. The molecule has 0 aliphatic carbocycles. The van der Waals surface area contributed by atoms with E-state index in [9.17, 15) is 20.0 Å². The Hall–Kier alpha value is -1.60. The van der Waals surface area contributed by atoms with E-state index < -0.39 is 10.9 Å². The molecule has 1 aromatic carbocycles. The van der Waals surface area contributed by atoms with E-state index in [1.54, 1.807) is 6.07 Å². The minimum atomic E-state index is -1.26. The van der Waals surface area contributed by atoms with Gasteiger partial charge in [-0.25, -0.2) is 4.79 Å². The molecule has 1 atom stereocenters. The van der Waals surface area contributed by atoms with Crippen molar-refractivity contribution in [2.24, 2.45) is 0 Å². The molecule has 0 saturated carbocycles. The first-order valence-electron chi connectivity index (χ1n) is 6.91. The van der Waals surface area contributed by atoms with Crippen LogP contribution in [-0.2, 0) is 6.54 Å². The number of carbonyl (C=O) groups is 1. The number of nitrogens with one attached hydrogen (secondary N) is 1. The third kappa shape index (κ3) is 4.18. The van der Waals surface area contributed by atoms with Crippen LogP contribution in [-0.4, -0.2) is 33.5 Å². The smallest absolute Gasteiger partial charge is 0.343 e. The second kappa shape index (κ2) is 7.42. The molecule has 6 nitrogen and oxygen atoms in total. The van der Waals surface area contributed by atoms with Crippen LogP contribution in [0.3, 0.4) is 0 Å². The summed E-state index contributed by atoms with van der Waals surface area (Å²) in [6, 6.07) is 4.37. The maximum atomic E-state index is 11.3. The lowest BCUT2D eigenvalue weighted by atomic mass is 10.1. The van der Waals surface area contributed by atoms with Gasteiger partial charge in [-0.2, -0.15) is 11.8 Å². The molecule has 1 aromatic rings. The standard InChI is InChI=1S/C14H18N2O4S/c17-14(18)13-10(4-3-6-12(13)16(19)20)8-15-9-11-5-1-2-7-21-11/h3-4,6,11,15H,1-2,5,7-9H2,(H,17,18). The summed E-state index contributed by atoms with van der Waals surface area (Å²) in [5, 5.41) is 23.9. The molecule has 1 aliphatic rings. The Kier molecular flexibility index (Phi) is 5.58. The quantitative estimate of drug-likeness (QED) is 0.620. The average Bonchev–Trinajstić information content (AvgIpc) is 2.47. The van der Waals surface area contributed by atoms with Gasteiger partial charge in [0.25, 0.3) is 5.69 Å². The van der Waals surface area contributed by atoms with Crippen molar-refractivity contribution in [2.75, 3.05) is 12.3 Å². The van der Waals surface area contributed by atoms with Crippen molar-refractivity contribution in [1.29, 1.82) is 0 Å². The van der Waals surface area contributed by atoms with Crippen molar-refractivity contribution in [3.8, 4) is 0 Å². The van der Waals surface area contributed by atoms with E-state index in [1.807, 2.05) is 11.8 Å². The molecule has 0 bridgehead atoms. The summed E-state index contributed by atoms with van der Waals surface area (Å²) in [5.74, 6) is -0.0880. The van der Waals surface area contributed by atoms with Crippen LogP contribution in [0.15, 0.2) is 18.2 Å². The number of carboxylic acid groups (broad SMARTS) is 1. The van der Waals surface area contributed by atoms with Gasteiger partial charge >= 0.3 is 5.97 Å². The van der Waals surface area contributed by atoms with Crippen molar-refractivity contribution in [2.45, 2.75) is 31.1 Å². The molecule has 114 valence electrons. The van der Waals surface area contributed by atoms with Crippen molar-refractivity contribution in [3.63, 3.8) is 0 Å². The van der Waals surface area contributed by atoms with E-state index in [2.05, 4.69) is 5.32 Å². The number of hydrogen-bond acceptors (Lipinski definition) is 5. The highest BCUT2D eigenvalue weighted by atomic mass is 32.2. The molecular weight excluding hydrogens is 292 g/mol. The molecular formula is C14H18N2O4S. The van der Waals surface area contributed by atoms with Crippen LogP contribution in [0.1, 0.15) is 35.2 Å². The minimum Gasteiger partial charge on any atom is -0.477 e. The molecule has 1 aliphatic heterocycles. The largest absolute Gasteiger partial charge is 0.477 e. The molecule has 1 unspecified atom stereocenters. The monoisotopic (exact) mass is 310 g/mol. The summed E-state index contributed by atoms with van der Waals surface area (Å²) in [7, 11) is 0. The van der Waals surface area contributed by atoms with Crippen LogP contribution in [0.25, 0.3) is 0 Å². The first kappa shape index (κ1) is 15.8. The number of benzene rings is 1. The van der Waals surface area contributed by atoms with Crippen molar-refractivity contribution >= 4 is 23.4 Å². The zero-order chi connectivity index (χ0) is 15.2. The minimum absolute atomic E-state index is 0.216. The Morgan fingerprint density at radius 3 is 2.90 bits per heavy atom. The van der Waals surface area contributed by atoms with E-state index in [4.69, 9.17) is 0 Å². The molecule has 7 heteroatoms. The van der Waals surface area contributed by atoms with Gasteiger partial charge in [0.05, 0.1) is 4.92 Å². The Morgan fingerprint density at radius 2 is 2.29 bits per heavy atom. The van der Waals surface area contributed by atoms with E-state index >= 15 is 0 Å². The van der Waals surface area contributed by atoms with Crippen LogP contribution >= 0.6 is 11.8 Å². The second-order valence-electron chi connectivity index (χ2n) is 4.99. The van der Waals surface area contributed by atoms with Gasteiger partial charge in [-0.1, -0.05) is 18.6 Å². The number of nitrogens with zero attached hydrogens (tertiary/aromatic N) is 1. The van der Waals surface area contributed by atoms with E-state index in [-0.39, 0.29) is 11.3 Å². The number of hydrogen-bond donors (Lipinski definition) is 2. The van der Waals surface area contributed by atoms with Gasteiger partial charge in [0.15, 0.2) is 0 Å². The van der Waals surface area contributed by atoms with Gasteiger partial charge in [-0.3, -0.25) is 10.1 Å². The van der Waals surface area contributed by atoms with Crippen molar-refractivity contribution < 1.29 is 14.8 Å². The second-order valence-corrected chi connectivity index (χ2v) is 6.40. The van der Waals surface area contributed by atoms with Gasteiger partial charge in [-0.05, 0) is 24.2 Å². The maximum Gasteiger partial charge on any atom is 0.343 e. The van der Waals surface area contributed by atoms with Crippen molar-refractivity contribution in [1.82, 2.24) is 5.32 Å². The summed E-state index contributed by atoms with van der Waals surface area (Å²) < 4.78 is 0. The van der Waals surface area contributed by atoms with E-state index in [0.717, 1.165) is 6.54 Å². The summed E-state index contributed by atoms with van der Waals surface area (Å²) in [5.41, 5.74) is -0.113. The molecule has 2 N–H and O–H groups in total. The molecule has 0 amide bonds. The summed E-state index contributed by atoms with van der Waals surface area (Å²) >= 11 is 1.93. The molecule has 0 aromatic heterocycles. The number of nitro benzene ring substituents is 1. The van der Waals surface area contributed by atoms with Gasteiger partial charge in [0.2, 0.25) is 0 Å². The Morgan fingerprint density at radius 1 is 1.48 bits per heavy atom. The van der Waals surface area contributed by atoms with Crippen LogP contribution < -0.4 is 5.32 Å². The Balaban J connectivity index is 2.03. The predicted octanol–water partition coefficient (Wildman–Crippen LogP) is 2.67. The SMILES string of the molecule is O=C(O)c1c(CNCC2CCCCS2)cccc1[N+](=O)[O-]. The lowest BCUT2D eigenvalue weighted by Crippen LogP contribution is -2.27. The van der Waals surface area contributed by atoms with Gasteiger partial charge in [0, 0.05) is 24.4 Å². The lowest BCUT2D eigenvalue weighted by Gasteiger charge is -2.21. The highest BCUT2D eigenvalue weighted by Gasteiger charge is 2.23. The topological polar surface area (TPSA) is 92.5 Å². The highest BCUT2D eigenvalue weighted by molar-refractivity contribution is 7.99. The molecule has 1 saturated heterocycles. The number of carboxylic acids is 1. The van der Waals surface area contributed by atoms with E-state index in [1.165, 1.54) is 37.1 Å². The third-order valence-electron chi connectivity index (χ3n) is 3.50. The van der Waals surface area contributed by atoms with Gasteiger partial charge in [-0.15, -0.1) is 0 Å². The number of thioether (sulfide) groups is 1. The van der Waals surface area contributed by atoms with Crippen LogP contribution in [0, 0.1) is 10.1 Å². The molecule has 1 fully saturated rings. The lowest BCUT2D eigenvalue weighted by molar-refractivity contribution is -0.385. The maximum absolute atomic E-state index is 11.3. The van der Waals surface area contributed by atoms with Crippen LogP contribution in [0.5, 0.6) is 0 Å². The first-order chi connectivity index (χ1) is 10.1. The Labute approximate surface area is 127 Å². The first-order valence-corrected chi connectivity index (χ1v) is 7.96. The fourth-order valence-corrected chi connectivity index (χ4v) is 3.74. The number of rotatable bonds is 6. The van der Waals surface area contributed by atoms with Gasteiger partial charge in [0.1, 0.15) is 5.56 Å². The van der Waals surface area contributed by atoms with E-state index in [0.29, 0.717) is 17.4 Å². The number of aromatic carboxylic acids is 1. The molecule has 21 heavy (non-hydrogen) atoms. The summed E-state index contributed by atoms with van der Waals surface area (Å²) in [4.78, 5) is 21.5. The van der Waals surface area contributed by atoms with Crippen LogP contribution in [0.2, 0.25) is 0 Å². The molecule has 2 rings (SSSR count). The fraction of sp³-hybridized carbons (Fsp3) is 0.500. The summed E-state index contributed by atoms with van der Waals surface area (Å²) in [6.07, 6.45) is 3.66. The fourth-order valence-electron chi connectivity index (χ4n) is 2.47. The zero-order valence-corrected chi connectivity index (χ0v) is 12.4. The average molecular weight is 310 g/mol. The molecule has 1 heterocycles. The zero-order valence-electron chi connectivity index (χ0n) is 11.6. The normalized spacial score (nSPS) is 18.4. The number of nitro groups is 1. The molecule has 0 radical (unpaired) electrons. The predicted molar refractivity (Wildman–Crippen MR) is 81.9 cm³/mol. The van der Waals surface area contributed by atoms with Crippen molar-refractivity contribution in [3.05, 3.63) is 39.4 Å². The van der Waals surface area contributed by atoms with Crippen LogP contribution in [0.4, 0.5) is 5.69 Å². The highest BCUT2D eigenvalue weighted by Crippen LogP contribution is 2.25.